The molecule has 0 aliphatic carbocycles. The van der Waals surface area contributed by atoms with E-state index in [1.165, 1.54) is 0 Å². The number of benzene rings is 1. The molecule has 5 heteroatoms. The summed E-state index contributed by atoms with van der Waals surface area (Å²) >= 11 is 0. The highest BCUT2D eigenvalue weighted by Gasteiger charge is 2.15. The third-order valence-electron chi connectivity index (χ3n) is 3.12. The number of rotatable bonds is 1. The van der Waals surface area contributed by atoms with Crippen molar-refractivity contribution in [3.05, 3.63) is 24.3 Å². The van der Waals surface area contributed by atoms with Gasteiger partial charge in [-0.15, -0.1) is 0 Å². The monoisotopic (exact) mass is 244 g/mol. The smallest absolute Gasteiger partial charge is 0.222 e. The fourth-order valence-corrected chi connectivity index (χ4v) is 2.28. The van der Waals surface area contributed by atoms with Crippen LogP contribution in [0.4, 0.5) is 11.8 Å². The van der Waals surface area contributed by atoms with Crippen LogP contribution in [-0.2, 0) is 4.74 Å². The molecule has 94 valence electrons. The summed E-state index contributed by atoms with van der Waals surface area (Å²) in [5.74, 6) is 1.25. The fourth-order valence-electron chi connectivity index (χ4n) is 2.28. The van der Waals surface area contributed by atoms with Crippen LogP contribution >= 0.6 is 0 Å². The van der Waals surface area contributed by atoms with Crippen molar-refractivity contribution in [2.45, 2.75) is 6.42 Å². The largest absolute Gasteiger partial charge is 0.380 e. The van der Waals surface area contributed by atoms with Gasteiger partial charge in [0.15, 0.2) is 0 Å². The average molecular weight is 244 g/mol. The summed E-state index contributed by atoms with van der Waals surface area (Å²) in [5.41, 5.74) is 6.68. The molecule has 5 nitrogen and oxygen atoms in total. The Morgan fingerprint density at radius 1 is 1.11 bits per heavy atom. The topological polar surface area (TPSA) is 64.3 Å². The first-order valence-electron chi connectivity index (χ1n) is 6.19. The summed E-state index contributed by atoms with van der Waals surface area (Å²) in [4.78, 5) is 10.9. The van der Waals surface area contributed by atoms with E-state index in [1.54, 1.807) is 0 Å². The molecule has 0 unspecified atom stereocenters. The van der Waals surface area contributed by atoms with Crippen LogP contribution in [0.25, 0.3) is 10.9 Å². The molecular formula is C13H16N4O. The van der Waals surface area contributed by atoms with Gasteiger partial charge in [0.1, 0.15) is 5.82 Å². The van der Waals surface area contributed by atoms with Gasteiger partial charge in [-0.3, -0.25) is 0 Å². The van der Waals surface area contributed by atoms with E-state index in [0.717, 1.165) is 49.4 Å². The van der Waals surface area contributed by atoms with Crippen LogP contribution in [0.5, 0.6) is 0 Å². The molecule has 0 amide bonds. The summed E-state index contributed by atoms with van der Waals surface area (Å²) in [7, 11) is 0. The Morgan fingerprint density at radius 2 is 2.00 bits per heavy atom. The van der Waals surface area contributed by atoms with Gasteiger partial charge in [0.05, 0.1) is 12.1 Å². The molecule has 1 saturated heterocycles. The average Bonchev–Trinajstić information content (AvgIpc) is 2.66. The van der Waals surface area contributed by atoms with Gasteiger partial charge in [-0.05, 0) is 18.6 Å². The van der Waals surface area contributed by atoms with Crippen molar-refractivity contribution < 1.29 is 4.74 Å². The van der Waals surface area contributed by atoms with E-state index in [1.807, 2.05) is 24.3 Å². The second-order valence-electron chi connectivity index (χ2n) is 4.38. The molecule has 1 aliphatic rings. The Kier molecular flexibility index (Phi) is 2.98. The van der Waals surface area contributed by atoms with Crippen LogP contribution in [0.1, 0.15) is 6.42 Å². The Hall–Kier alpha value is -1.88. The molecule has 0 atom stereocenters. The molecule has 1 aromatic heterocycles. The van der Waals surface area contributed by atoms with E-state index in [2.05, 4.69) is 14.9 Å². The standard InChI is InChI=1S/C13H16N4O/c14-13-15-11-5-2-1-4-10(11)12(16-13)17-6-3-8-18-9-7-17/h1-2,4-5H,3,6-9H2,(H2,14,15,16). The third kappa shape index (κ3) is 2.09. The molecule has 1 aliphatic heterocycles. The quantitative estimate of drug-likeness (QED) is 0.822. The van der Waals surface area contributed by atoms with Crippen molar-refractivity contribution in [3.63, 3.8) is 0 Å². The van der Waals surface area contributed by atoms with Crippen LogP contribution < -0.4 is 10.6 Å². The lowest BCUT2D eigenvalue weighted by molar-refractivity contribution is 0.152. The molecule has 1 aromatic carbocycles. The van der Waals surface area contributed by atoms with Gasteiger partial charge in [0, 0.05) is 25.1 Å². The number of nitrogens with zero attached hydrogens (tertiary/aromatic N) is 3. The van der Waals surface area contributed by atoms with E-state index in [0.29, 0.717) is 5.95 Å². The number of fused-ring (bicyclic) bond motifs is 1. The second-order valence-corrected chi connectivity index (χ2v) is 4.38. The Balaban J connectivity index is 2.08. The molecule has 18 heavy (non-hydrogen) atoms. The highest BCUT2D eigenvalue weighted by Crippen LogP contribution is 2.25. The maximum atomic E-state index is 5.79. The molecule has 2 N–H and O–H groups in total. The first-order chi connectivity index (χ1) is 8.84. The molecule has 0 radical (unpaired) electrons. The molecule has 0 bridgehead atoms. The van der Waals surface area contributed by atoms with Crippen LogP contribution in [0.2, 0.25) is 0 Å². The molecule has 2 aromatic rings. The molecule has 1 fully saturated rings. The van der Waals surface area contributed by atoms with Crippen molar-refractivity contribution in [2.24, 2.45) is 0 Å². The minimum Gasteiger partial charge on any atom is -0.380 e. The Morgan fingerprint density at radius 3 is 2.94 bits per heavy atom. The van der Waals surface area contributed by atoms with E-state index < -0.39 is 0 Å². The molecular weight excluding hydrogens is 228 g/mol. The van der Waals surface area contributed by atoms with Gasteiger partial charge in [0.25, 0.3) is 0 Å². The van der Waals surface area contributed by atoms with Crippen LogP contribution in [-0.4, -0.2) is 36.3 Å². The Bertz CT molecular complexity index is 550. The highest BCUT2D eigenvalue weighted by atomic mass is 16.5. The van der Waals surface area contributed by atoms with E-state index >= 15 is 0 Å². The lowest BCUT2D eigenvalue weighted by atomic mass is 10.2. The van der Waals surface area contributed by atoms with Crippen molar-refractivity contribution in [1.82, 2.24) is 9.97 Å². The lowest BCUT2D eigenvalue weighted by Crippen LogP contribution is -2.27. The first-order valence-corrected chi connectivity index (χ1v) is 6.19. The third-order valence-corrected chi connectivity index (χ3v) is 3.12. The predicted molar refractivity (Wildman–Crippen MR) is 71.6 cm³/mol. The summed E-state index contributed by atoms with van der Waals surface area (Å²) in [5, 5.41) is 1.05. The molecule has 0 spiro atoms. The van der Waals surface area contributed by atoms with Crippen LogP contribution in [0.15, 0.2) is 24.3 Å². The minimum absolute atomic E-state index is 0.328. The molecule has 0 saturated carbocycles. The lowest BCUT2D eigenvalue weighted by Gasteiger charge is -2.22. The predicted octanol–water partition coefficient (Wildman–Crippen LogP) is 1.44. The summed E-state index contributed by atoms with van der Waals surface area (Å²) in [6.45, 7) is 3.34. The zero-order valence-electron chi connectivity index (χ0n) is 10.2. The van der Waals surface area contributed by atoms with Gasteiger partial charge in [-0.1, -0.05) is 12.1 Å². The van der Waals surface area contributed by atoms with Gasteiger partial charge in [0.2, 0.25) is 5.95 Å². The zero-order chi connectivity index (χ0) is 12.4. The first kappa shape index (κ1) is 11.2. The summed E-state index contributed by atoms with van der Waals surface area (Å²) in [6.07, 6.45) is 1.01. The normalized spacial score (nSPS) is 16.8. The number of anilines is 2. The maximum Gasteiger partial charge on any atom is 0.222 e. The highest BCUT2D eigenvalue weighted by molar-refractivity contribution is 5.90. The van der Waals surface area contributed by atoms with Crippen molar-refractivity contribution >= 4 is 22.7 Å². The van der Waals surface area contributed by atoms with Gasteiger partial charge in [-0.25, -0.2) is 4.98 Å². The van der Waals surface area contributed by atoms with Crippen molar-refractivity contribution in [2.75, 3.05) is 36.9 Å². The van der Waals surface area contributed by atoms with Crippen LogP contribution in [0.3, 0.4) is 0 Å². The number of para-hydroxylation sites is 1. The number of aromatic nitrogens is 2. The number of hydrogen-bond donors (Lipinski definition) is 1. The summed E-state index contributed by atoms with van der Waals surface area (Å²) in [6, 6.07) is 7.96. The summed E-state index contributed by atoms with van der Waals surface area (Å²) < 4.78 is 5.47. The zero-order valence-corrected chi connectivity index (χ0v) is 10.2. The number of nitrogen functional groups attached to an aromatic ring is 1. The van der Waals surface area contributed by atoms with E-state index in [4.69, 9.17) is 10.5 Å². The van der Waals surface area contributed by atoms with Crippen molar-refractivity contribution in [1.29, 1.82) is 0 Å². The minimum atomic E-state index is 0.328. The Labute approximate surface area is 106 Å². The van der Waals surface area contributed by atoms with E-state index in [-0.39, 0.29) is 0 Å². The fraction of sp³-hybridized carbons (Fsp3) is 0.385. The second kappa shape index (κ2) is 4.78. The molecule has 2 heterocycles. The maximum absolute atomic E-state index is 5.79. The van der Waals surface area contributed by atoms with Gasteiger partial charge < -0.3 is 15.4 Å². The number of nitrogens with two attached hydrogens (primary N) is 1. The number of hydrogen-bond acceptors (Lipinski definition) is 5. The van der Waals surface area contributed by atoms with Crippen molar-refractivity contribution in [3.8, 4) is 0 Å². The number of ether oxygens (including phenoxy) is 1. The van der Waals surface area contributed by atoms with Gasteiger partial charge >= 0.3 is 0 Å². The molecule has 3 rings (SSSR count). The van der Waals surface area contributed by atoms with Gasteiger partial charge in [-0.2, -0.15) is 4.98 Å². The SMILES string of the molecule is Nc1nc(N2CCCOCC2)c2ccccc2n1. The van der Waals surface area contributed by atoms with Crippen LogP contribution in [0, 0.1) is 0 Å². The van der Waals surface area contributed by atoms with E-state index in [9.17, 15) is 0 Å².